The summed E-state index contributed by atoms with van der Waals surface area (Å²) in [6.45, 7) is 1.65. The molecule has 1 N–H and O–H groups in total. The summed E-state index contributed by atoms with van der Waals surface area (Å²) in [5, 5.41) is 14.9. The summed E-state index contributed by atoms with van der Waals surface area (Å²) in [7, 11) is 1.45. The van der Waals surface area contributed by atoms with Crippen LogP contribution in [0.5, 0.6) is 0 Å². The van der Waals surface area contributed by atoms with Gasteiger partial charge in [-0.3, -0.25) is 0 Å². The first-order valence-corrected chi connectivity index (χ1v) is 7.85. The second-order valence-electron chi connectivity index (χ2n) is 5.74. The molecule has 0 fully saturated rings. The third kappa shape index (κ3) is 1.90. The largest absolute Gasteiger partial charge is 0.374 e. The van der Waals surface area contributed by atoms with E-state index in [-0.39, 0.29) is 11.1 Å². The van der Waals surface area contributed by atoms with Gasteiger partial charge in [-0.05, 0) is 11.1 Å². The lowest BCUT2D eigenvalue weighted by Crippen LogP contribution is -2.40. The van der Waals surface area contributed by atoms with Gasteiger partial charge in [0.25, 0.3) is 5.66 Å². The van der Waals surface area contributed by atoms with Gasteiger partial charge in [0.2, 0.25) is 11.7 Å². The number of aryl methyl sites for hydroxylation is 1. The van der Waals surface area contributed by atoms with Crippen LogP contribution in [0.2, 0.25) is 0 Å². The fraction of sp³-hybridized carbons (Fsp3) is 0.176. The molecule has 0 bridgehead atoms. The number of fused-ring (bicyclic) bond motifs is 3. The molecule has 0 aliphatic heterocycles. The van der Waals surface area contributed by atoms with E-state index < -0.39 is 11.3 Å². The van der Waals surface area contributed by atoms with E-state index in [0.717, 1.165) is 0 Å². The molecule has 0 saturated heterocycles. The lowest BCUT2D eigenvalue weighted by atomic mass is 9.91. The highest BCUT2D eigenvalue weighted by atomic mass is 31.0. The van der Waals surface area contributed by atoms with Gasteiger partial charge in [0, 0.05) is 23.6 Å². The number of halogens is 2. The Bertz CT molecular complexity index is 952. The monoisotopic (exact) mass is 346 g/mol. The van der Waals surface area contributed by atoms with Crippen LogP contribution in [0, 0.1) is 6.92 Å². The molecule has 122 valence electrons. The highest BCUT2D eigenvalue weighted by molar-refractivity contribution is 7.18. The Labute approximate surface area is 138 Å². The minimum atomic E-state index is -3.44. The number of alkyl halides is 2. The number of hydrogen-bond donors (Lipinski definition) is 1. The Morgan fingerprint density at radius 1 is 1.08 bits per heavy atom. The number of aliphatic hydroxyl groups is 1. The molecule has 0 saturated carbocycles. The minimum absolute atomic E-state index is 0.128. The molecule has 1 heterocycles. The molecule has 4 nitrogen and oxygen atoms in total. The van der Waals surface area contributed by atoms with Crippen LogP contribution in [0.15, 0.2) is 47.0 Å². The van der Waals surface area contributed by atoms with E-state index in [1.165, 1.54) is 21.4 Å². The second-order valence-corrected chi connectivity index (χ2v) is 6.47. The molecule has 2 aromatic carbocycles. The van der Waals surface area contributed by atoms with Gasteiger partial charge in [-0.15, -0.1) is 0 Å². The number of aromatic nitrogens is 2. The van der Waals surface area contributed by atoms with Gasteiger partial charge in [0.15, 0.2) is 5.60 Å². The first-order valence-electron chi connectivity index (χ1n) is 7.27. The van der Waals surface area contributed by atoms with E-state index in [4.69, 9.17) is 4.52 Å². The average molecular weight is 346 g/mol. The maximum Gasteiger partial charge on any atom is 0.295 e. The van der Waals surface area contributed by atoms with Gasteiger partial charge in [-0.1, -0.05) is 56.9 Å². The van der Waals surface area contributed by atoms with Crippen molar-refractivity contribution in [2.24, 2.45) is 0 Å². The van der Waals surface area contributed by atoms with Crippen LogP contribution in [0.1, 0.15) is 17.0 Å². The van der Waals surface area contributed by atoms with Crippen molar-refractivity contribution in [1.82, 2.24) is 10.1 Å². The fourth-order valence-electron chi connectivity index (χ4n) is 3.26. The Morgan fingerprint density at radius 3 is 2.42 bits per heavy atom. The van der Waals surface area contributed by atoms with Gasteiger partial charge in [0.05, 0.1) is 0 Å². The SMILES string of the molecule is Cc1nc(-c2cccc3c2-c2ccccc2C3(O)C(F)(F)P)no1. The molecule has 2 atom stereocenters. The Kier molecular flexibility index (Phi) is 3.15. The number of benzene rings is 2. The Balaban J connectivity index is 2.10. The molecular formula is C17H13F2N2O2P. The lowest BCUT2D eigenvalue weighted by molar-refractivity contribution is -0.0963. The Hall–Kier alpha value is -2.17. The van der Waals surface area contributed by atoms with Gasteiger partial charge in [-0.2, -0.15) is 13.8 Å². The van der Waals surface area contributed by atoms with Crippen LogP contribution >= 0.6 is 9.24 Å². The van der Waals surface area contributed by atoms with Gasteiger partial charge < -0.3 is 9.63 Å². The van der Waals surface area contributed by atoms with Gasteiger partial charge in [-0.25, -0.2) is 0 Å². The molecule has 3 aromatic rings. The number of hydrogen-bond acceptors (Lipinski definition) is 4. The molecule has 4 rings (SSSR count). The molecule has 0 radical (unpaired) electrons. The molecule has 0 spiro atoms. The van der Waals surface area contributed by atoms with E-state index in [2.05, 4.69) is 10.1 Å². The molecule has 24 heavy (non-hydrogen) atoms. The smallest absolute Gasteiger partial charge is 0.295 e. The third-order valence-corrected chi connectivity index (χ3v) is 4.71. The van der Waals surface area contributed by atoms with Crippen LogP contribution in [-0.2, 0) is 5.60 Å². The number of rotatable bonds is 2. The predicted molar refractivity (Wildman–Crippen MR) is 87.6 cm³/mol. The van der Waals surface area contributed by atoms with E-state index >= 15 is 0 Å². The van der Waals surface area contributed by atoms with Crippen molar-refractivity contribution < 1.29 is 18.4 Å². The molecule has 2 unspecified atom stereocenters. The quantitative estimate of drug-likeness (QED) is 0.719. The van der Waals surface area contributed by atoms with E-state index in [1.807, 2.05) is 0 Å². The summed E-state index contributed by atoms with van der Waals surface area (Å²) < 4.78 is 33.8. The minimum Gasteiger partial charge on any atom is -0.374 e. The zero-order valence-electron chi connectivity index (χ0n) is 12.6. The first kappa shape index (κ1) is 15.4. The zero-order valence-corrected chi connectivity index (χ0v) is 13.8. The topological polar surface area (TPSA) is 59.2 Å². The van der Waals surface area contributed by atoms with E-state index in [9.17, 15) is 13.9 Å². The van der Waals surface area contributed by atoms with Crippen LogP contribution < -0.4 is 0 Å². The van der Waals surface area contributed by atoms with Gasteiger partial charge >= 0.3 is 0 Å². The van der Waals surface area contributed by atoms with Crippen molar-refractivity contribution in [3.05, 3.63) is 59.5 Å². The van der Waals surface area contributed by atoms with Crippen LogP contribution in [0.3, 0.4) is 0 Å². The van der Waals surface area contributed by atoms with Crippen molar-refractivity contribution in [3.63, 3.8) is 0 Å². The Morgan fingerprint density at radius 2 is 1.75 bits per heavy atom. The molecule has 7 heteroatoms. The standard InChI is InChI=1S/C17H13F2N2O2P/c1-9-20-15(21-23-9)11-6-4-8-13-14(11)10-5-2-3-7-12(10)16(13,22)17(18,19)24/h2-8,22H,24H2,1H3. The summed E-state index contributed by atoms with van der Waals surface area (Å²) in [6.07, 6.45) is 0. The lowest BCUT2D eigenvalue weighted by Gasteiger charge is -2.31. The molecular weight excluding hydrogens is 333 g/mol. The molecule has 1 aromatic heterocycles. The zero-order chi connectivity index (χ0) is 17.1. The molecule has 0 amide bonds. The fourth-order valence-corrected chi connectivity index (χ4v) is 3.57. The van der Waals surface area contributed by atoms with Crippen molar-refractivity contribution in [2.75, 3.05) is 0 Å². The summed E-state index contributed by atoms with van der Waals surface area (Å²) in [4.78, 5) is 4.19. The predicted octanol–water partition coefficient (Wildman–Crippen LogP) is 3.73. The normalized spacial score (nSPS) is 19.2. The number of nitrogens with zero attached hydrogens (tertiary/aromatic N) is 2. The van der Waals surface area contributed by atoms with Crippen LogP contribution in [-0.4, -0.2) is 20.9 Å². The van der Waals surface area contributed by atoms with Crippen molar-refractivity contribution in [2.45, 2.75) is 18.2 Å². The van der Waals surface area contributed by atoms with Gasteiger partial charge in [0.1, 0.15) is 0 Å². The highest BCUT2D eigenvalue weighted by Crippen LogP contribution is 2.58. The molecule has 1 aliphatic carbocycles. The maximum absolute atomic E-state index is 14.4. The van der Waals surface area contributed by atoms with Crippen LogP contribution in [0.25, 0.3) is 22.5 Å². The van der Waals surface area contributed by atoms with E-state index in [0.29, 0.717) is 28.4 Å². The third-order valence-electron chi connectivity index (χ3n) is 4.29. The second kappa shape index (κ2) is 4.91. The first-order chi connectivity index (χ1) is 11.3. The summed E-state index contributed by atoms with van der Waals surface area (Å²) in [6, 6.07) is 11.4. The average Bonchev–Trinajstić information content (AvgIpc) is 3.09. The molecule has 1 aliphatic rings. The summed E-state index contributed by atoms with van der Waals surface area (Å²) in [5.41, 5.74) is -4.01. The maximum atomic E-state index is 14.4. The summed E-state index contributed by atoms with van der Waals surface area (Å²) >= 11 is 0. The van der Waals surface area contributed by atoms with Crippen molar-refractivity contribution >= 4 is 9.24 Å². The van der Waals surface area contributed by atoms with Crippen LogP contribution in [0.4, 0.5) is 8.78 Å². The highest BCUT2D eigenvalue weighted by Gasteiger charge is 2.57. The van der Waals surface area contributed by atoms with E-state index in [1.54, 1.807) is 37.3 Å². The van der Waals surface area contributed by atoms with Crippen molar-refractivity contribution in [3.8, 4) is 22.5 Å². The summed E-state index contributed by atoms with van der Waals surface area (Å²) in [5.74, 6) is 0.677. The van der Waals surface area contributed by atoms with Crippen molar-refractivity contribution in [1.29, 1.82) is 0 Å².